The second-order valence-electron chi connectivity index (χ2n) is 5.36. The molecule has 2 aromatic rings. The molecule has 0 aromatic carbocycles. The number of carbonyl (C=O) groups excluding carboxylic acids is 1. The Morgan fingerprint density at radius 2 is 2.10 bits per heavy atom. The summed E-state index contributed by atoms with van der Waals surface area (Å²) in [4.78, 5) is 24.1. The van der Waals surface area contributed by atoms with E-state index in [1.54, 1.807) is 12.4 Å². The Bertz CT molecular complexity index is 591. The molecule has 1 aliphatic carbocycles. The predicted molar refractivity (Wildman–Crippen MR) is 76.8 cm³/mol. The van der Waals surface area contributed by atoms with E-state index in [1.165, 1.54) is 36.6 Å². The van der Waals surface area contributed by atoms with Gasteiger partial charge in [0, 0.05) is 12.5 Å². The molecule has 7 heteroatoms. The van der Waals surface area contributed by atoms with Crippen LogP contribution in [-0.2, 0) is 4.79 Å². The van der Waals surface area contributed by atoms with E-state index in [-0.39, 0.29) is 5.91 Å². The highest BCUT2D eigenvalue weighted by Gasteiger charge is 2.17. The Morgan fingerprint density at radius 1 is 1.24 bits per heavy atom. The highest BCUT2D eigenvalue weighted by molar-refractivity contribution is 5.90. The lowest BCUT2D eigenvalue weighted by molar-refractivity contribution is -0.117. The zero-order valence-electron chi connectivity index (χ0n) is 11.8. The van der Waals surface area contributed by atoms with Gasteiger partial charge in [-0.3, -0.25) is 4.79 Å². The topological polar surface area (TPSA) is 85.6 Å². The number of hydrogen-bond acceptors (Lipinski definition) is 5. The molecule has 0 spiro atoms. The Kier molecular flexibility index (Phi) is 4.18. The molecule has 0 saturated heterocycles. The summed E-state index contributed by atoms with van der Waals surface area (Å²) in [7, 11) is 0. The van der Waals surface area contributed by atoms with E-state index in [0.29, 0.717) is 24.0 Å². The van der Waals surface area contributed by atoms with E-state index in [9.17, 15) is 4.79 Å². The van der Waals surface area contributed by atoms with Crippen molar-refractivity contribution in [2.75, 3.05) is 5.32 Å². The van der Waals surface area contributed by atoms with Gasteiger partial charge in [-0.25, -0.2) is 19.6 Å². The number of rotatable bonds is 4. The molecule has 1 fully saturated rings. The maximum atomic E-state index is 12.1. The lowest BCUT2D eigenvalue weighted by Crippen LogP contribution is -2.19. The van der Waals surface area contributed by atoms with Crippen LogP contribution in [0.3, 0.4) is 0 Å². The number of nitrogens with one attached hydrogen (secondary N) is 1. The quantitative estimate of drug-likeness (QED) is 0.928. The fourth-order valence-corrected chi connectivity index (χ4v) is 2.71. The smallest absolute Gasteiger partial charge is 0.225 e. The number of amides is 1. The zero-order valence-corrected chi connectivity index (χ0v) is 11.8. The van der Waals surface area contributed by atoms with Gasteiger partial charge in [-0.15, -0.1) is 0 Å². The number of nitrogens with zero attached hydrogens (tertiary/aromatic N) is 5. The zero-order chi connectivity index (χ0) is 14.5. The largest absolute Gasteiger partial charge is 0.311 e. The summed E-state index contributed by atoms with van der Waals surface area (Å²) >= 11 is 0. The molecule has 110 valence electrons. The molecule has 21 heavy (non-hydrogen) atoms. The summed E-state index contributed by atoms with van der Waals surface area (Å²) in [5, 5.41) is 6.84. The van der Waals surface area contributed by atoms with Gasteiger partial charge < -0.3 is 5.32 Å². The lowest BCUT2D eigenvalue weighted by atomic mass is 9.87. The van der Waals surface area contributed by atoms with Crippen LogP contribution in [0, 0.1) is 5.92 Å². The van der Waals surface area contributed by atoms with Crippen molar-refractivity contribution < 1.29 is 4.79 Å². The molecule has 0 aliphatic heterocycles. The second-order valence-corrected chi connectivity index (χ2v) is 5.36. The van der Waals surface area contributed by atoms with Crippen molar-refractivity contribution in [3.63, 3.8) is 0 Å². The Balaban J connectivity index is 1.62. The highest BCUT2D eigenvalue weighted by Crippen LogP contribution is 2.26. The number of anilines is 1. The number of hydrogen-bond donors (Lipinski definition) is 1. The third-order valence-corrected chi connectivity index (χ3v) is 3.77. The van der Waals surface area contributed by atoms with Gasteiger partial charge in [0.15, 0.2) is 5.82 Å². The average molecular weight is 286 g/mol. The summed E-state index contributed by atoms with van der Waals surface area (Å²) < 4.78 is 1.53. The van der Waals surface area contributed by atoms with Gasteiger partial charge in [0.1, 0.15) is 24.8 Å². The van der Waals surface area contributed by atoms with Crippen molar-refractivity contribution in [1.82, 2.24) is 24.7 Å². The van der Waals surface area contributed by atoms with E-state index in [1.807, 2.05) is 0 Å². The minimum atomic E-state index is 0.0186. The summed E-state index contributed by atoms with van der Waals surface area (Å²) in [5.41, 5.74) is 0. The molecule has 0 radical (unpaired) electrons. The lowest BCUT2D eigenvalue weighted by Gasteiger charge is -2.20. The minimum absolute atomic E-state index is 0.0186. The fraction of sp³-hybridized carbons (Fsp3) is 0.500. The molecular formula is C14H18N6O. The van der Waals surface area contributed by atoms with Crippen LogP contribution in [-0.4, -0.2) is 30.6 Å². The molecule has 0 unspecified atom stereocenters. The standard InChI is InChI=1S/C14H18N6O/c21-14(6-11-4-2-1-3-5-11)19-12-7-13(17-9-16-12)20-10-15-8-18-20/h7-11H,1-6H2,(H,16,17,19,21). The minimum Gasteiger partial charge on any atom is -0.311 e. The first-order valence-corrected chi connectivity index (χ1v) is 7.28. The monoisotopic (exact) mass is 286 g/mol. The molecule has 2 heterocycles. The van der Waals surface area contributed by atoms with Crippen LogP contribution in [0.15, 0.2) is 25.0 Å². The van der Waals surface area contributed by atoms with Crippen LogP contribution < -0.4 is 5.32 Å². The van der Waals surface area contributed by atoms with Gasteiger partial charge >= 0.3 is 0 Å². The molecule has 0 bridgehead atoms. The van der Waals surface area contributed by atoms with Crippen molar-refractivity contribution in [2.45, 2.75) is 38.5 Å². The Morgan fingerprint density at radius 3 is 2.86 bits per heavy atom. The van der Waals surface area contributed by atoms with Crippen LogP contribution in [0.2, 0.25) is 0 Å². The van der Waals surface area contributed by atoms with Crippen LogP contribution >= 0.6 is 0 Å². The summed E-state index contributed by atoms with van der Waals surface area (Å²) in [6.45, 7) is 0. The first kappa shape index (κ1) is 13.7. The van der Waals surface area contributed by atoms with Gasteiger partial charge in [0.05, 0.1) is 0 Å². The Labute approximate surface area is 122 Å². The second kappa shape index (κ2) is 6.43. The van der Waals surface area contributed by atoms with Crippen molar-refractivity contribution >= 4 is 11.7 Å². The van der Waals surface area contributed by atoms with Crippen molar-refractivity contribution in [1.29, 1.82) is 0 Å². The van der Waals surface area contributed by atoms with E-state index in [2.05, 4.69) is 25.4 Å². The number of aromatic nitrogens is 5. The van der Waals surface area contributed by atoms with Gasteiger partial charge in [-0.2, -0.15) is 5.10 Å². The maximum absolute atomic E-state index is 12.1. The third-order valence-electron chi connectivity index (χ3n) is 3.77. The van der Waals surface area contributed by atoms with Gasteiger partial charge in [0.25, 0.3) is 0 Å². The van der Waals surface area contributed by atoms with E-state index >= 15 is 0 Å². The summed E-state index contributed by atoms with van der Waals surface area (Å²) in [6.07, 6.45) is 11.0. The molecule has 3 rings (SSSR count). The Hall–Kier alpha value is -2.31. The van der Waals surface area contributed by atoms with Gasteiger partial charge in [-0.05, 0) is 18.8 Å². The third kappa shape index (κ3) is 3.62. The first-order valence-electron chi connectivity index (χ1n) is 7.28. The molecule has 0 atom stereocenters. The SMILES string of the molecule is O=C(CC1CCCCC1)Nc1cc(-n2cncn2)ncn1. The molecule has 1 N–H and O–H groups in total. The molecule has 1 saturated carbocycles. The van der Waals surface area contributed by atoms with Gasteiger partial charge in [-0.1, -0.05) is 19.3 Å². The highest BCUT2D eigenvalue weighted by atomic mass is 16.1. The average Bonchev–Trinajstić information content (AvgIpc) is 3.02. The molecule has 7 nitrogen and oxygen atoms in total. The van der Waals surface area contributed by atoms with Gasteiger partial charge in [0.2, 0.25) is 5.91 Å². The van der Waals surface area contributed by atoms with Crippen LogP contribution in [0.25, 0.3) is 5.82 Å². The molecule has 1 aliphatic rings. The number of carbonyl (C=O) groups is 1. The van der Waals surface area contributed by atoms with E-state index in [4.69, 9.17) is 0 Å². The van der Waals surface area contributed by atoms with Crippen molar-refractivity contribution in [2.24, 2.45) is 5.92 Å². The summed E-state index contributed by atoms with van der Waals surface area (Å²) in [6, 6.07) is 1.69. The molecular weight excluding hydrogens is 268 g/mol. The molecule has 1 amide bonds. The van der Waals surface area contributed by atoms with Crippen LogP contribution in [0.5, 0.6) is 0 Å². The normalized spacial score (nSPS) is 15.8. The van der Waals surface area contributed by atoms with Crippen molar-refractivity contribution in [3.05, 3.63) is 25.0 Å². The summed E-state index contributed by atoms with van der Waals surface area (Å²) in [5.74, 6) is 1.60. The van der Waals surface area contributed by atoms with Crippen LogP contribution in [0.1, 0.15) is 38.5 Å². The fourth-order valence-electron chi connectivity index (χ4n) is 2.71. The van der Waals surface area contributed by atoms with E-state index < -0.39 is 0 Å². The van der Waals surface area contributed by atoms with Crippen LogP contribution in [0.4, 0.5) is 5.82 Å². The van der Waals surface area contributed by atoms with Crippen molar-refractivity contribution in [3.8, 4) is 5.82 Å². The van der Waals surface area contributed by atoms with E-state index in [0.717, 1.165) is 12.8 Å². The first-order chi connectivity index (χ1) is 10.3. The molecule has 2 aromatic heterocycles. The predicted octanol–water partition coefficient (Wildman–Crippen LogP) is 1.97. The maximum Gasteiger partial charge on any atom is 0.225 e.